The second-order valence-corrected chi connectivity index (χ2v) is 4.69. The van der Waals surface area contributed by atoms with Crippen molar-refractivity contribution in [2.24, 2.45) is 7.05 Å². The number of hydrogen-bond donors (Lipinski definition) is 1. The maximum Gasteiger partial charge on any atom is 0.339 e. The highest BCUT2D eigenvalue weighted by Gasteiger charge is 2.23. The lowest BCUT2D eigenvalue weighted by atomic mass is 10.5. The molecule has 0 aliphatic heterocycles. The normalized spacial score (nSPS) is 10.5. The van der Waals surface area contributed by atoms with E-state index in [2.05, 4.69) is 20.1 Å². The first-order chi connectivity index (χ1) is 9.40. The molecule has 0 amide bonds. The van der Waals surface area contributed by atoms with Gasteiger partial charge in [-0.1, -0.05) is 11.6 Å². The van der Waals surface area contributed by atoms with E-state index in [1.165, 1.54) is 7.05 Å². The molecule has 0 unspecified atom stereocenters. The molecule has 0 radical (unpaired) electrons. The topological polar surface area (TPSA) is 137 Å². The maximum atomic E-state index is 11.2. The average molecular weight is 317 g/mol. The van der Waals surface area contributed by atoms with Gasteiger partial charge in [0.05, 0.1) is 4.92 Å². The molecule has 0 bridgehead atoms. The number of hydrogen-bond acceptors (Lipinski definition) is 8. The van der Waals surface area contributed by atoms with Crippen LogP contribution in [0.2, 0.25) is 5.15 Å². The van der Waals surface area contributed by atoms with Crippen LogP contribution < -0.4 is 11.1 Å². The fourth-order valence-corrected chi connectivity index (χ4v) is 2.32. The SMILES string of the molecule is Cn1[nH]c(=O)c(=O)nc1Sc1ncnc(Cl)c1[N+](=O)[O-]. The minimum absolute atomic E-state index is 0.0208. The van der Waals surface area contributed by atoms with Crippen LogP contribution in [-0.4, -0.2) is 29.7 Å². The predicted octanol–water partition coefficient (Wildman–Crippen LogP) is -0.0286. The van der Waals surface area contributed by atoms with Crippen molar-refractivity contribution in [1.82, 2.24) is 24.7 Å². The Kier molecular flexibility index (Phi) is 3.81. The van der Waals surface area contributed by atoms with Gasteiger partial charge in [-0.05, 0) is 11.8 Å². The average Bonchev–Trinajstić information content (AvgIpc) is 2.35. The van der Waals surface area contributed by atoms with Crippen molar-refractivity contribution < 1.29 is 4.92 Å². The first kappa shape index (κ1) is 14.1. The number of aromatic amines is 1. The van der Waals surface area contributed by atoms with Crippen molar-refractivity contribution in [1.29, 1.82) is 0 Å². The maximum absolute atomic E-state index is 11.2. The molecule has 0 atom stereocenters. The second kappa shape index (κ2) is 5.38. The number of halogens is 1. The van der Waals surface area contributed by atoms with E-state index in [4.69, 9.17) is 11.6 Å². The number of H-pyrrole nitrogens is 1. The van der Waals surface area contributed by atoms with Crippen LogP contribution in [0.15, 0.2) is 26.1 Å². The van der Waals surface area contributed by atoms with Gasteiger partial charge < -0.3 is 0 Å². The molecule has 104 valence electrons. The van der Waals surface area contributed by atoms with Crippen LogP contribution in [0.5, 0.6) is 0 Å². The summed E-state index contributed by atoms with van der Waals surface area (Å²) in [6.07, 6.45) is 1.04. The Hall–Kier alpha value is -2.27. The van der Waals surface area contributed by atoms with Gasteiger partial charge in [0.15, 0.2) is 10.2 Å². The molecule has 1 N–H and O–H groups in total. The van der Waals surface area contributed by atoms with Gasteiger partial charge in [-0.3, -0.25) is 29.5 Å². The molecule has 2 aromatic heterocycles. The van der Waals surface area contributed by atoms with Crippen LogP contribution in [0.1, 0.15) is 0 Å². The quantitative estimate of drug-likeness (QED) is 0.361. The van der Waals surface area contributed by atoms with Crippen LogP contribution in [-0.2, 0) is 7.05 Å². The van der Waals surface area contributed by atoms with E-state index in [0.29, 0.717) is 11.8 Å². The number of rotatable bonds is 3. The molecule has 12 heteroatoms. The van der Waals surface area contributed by atoms with E-state index >= 15 is 0 Å². The Bertz CT molecular complexity index is 802. The molecule has 0 fully saturated rings. The number of aromatic nitrogens is 5. The van der Waals surface area contributed by atoms with Gasteiger partial charge in [0.1, 0.15) is 6.33 Å². The third kappa shape index (κ3) is 2.67. The van der Waals surface area contributed by atoms with Crippen LogP contribution in [0.3, 0.4) is 0 Å². The summed E-state index contributed by atoms with van der Waals surface area (Å²) in [6, 6.07) is 0. The van der Waals surface area contributed by atoms with Crippen LogP contribution in [0.25, 0.3) is 0 Å². The Morgan fingerprint density at radius 1 is 1.45 bits per heavy atom. The fourth-order valence-electron chi connectivity index (χ4n) is 1.21. The first-order valence-electron chi connectivity index (χ1n) is 4.90. The zero-order valence-corrected chi connectivity index (χ0v) is 11.3. The Morgan fingerprint density at radius 3 is 2.80 bits per heavy atom. The van der Waals surface area contributed by atoms with Gasteiger partial charge >= 0.3 is 16.8 Å². The van der Waals surface area contributed by atoms with E-state index in [-0.39, 0.29) is 15.3 Å². The summed E-state index contributed by atoms with van der Waals surface area (Å²) in [5, 5.41) is 12.7. The van der Waals surface area contributed by atoms with Crippen molar-refractivity contribution in [2.75, 3.05) is 0 Å². The number of nitrogens with one attached hydrogen (secondary N) is 1. The van der Waals surface area contributed by atoms with E-state index in [1.807, 2.05) is 0 Å². The highest BCUT2D eigenvalue weighted by atomic mass is 35.5. The van der Waals surface area contributed by atoms with Gasteiger partial charge in [0, 0.05) is 7.05 Å². The monoisotopic (exact) mass is 316 g/mol. The van der Waals surface area contributed by atoms with Crippen LogP contribution in [0.4, 0.5) is 5.69 Å². The lowest BCUT2D eigenvalue weighted by molar-refractivity contribution is -0.388. The summed E-state index contributed by atoms with van der Waals surface area (Å²) in [5.41, 5.74) is -2.40. The molecule has 2 rings (SSSR count). The summed E-state index contributed by atoms with van der Waals surface area (Å²) in [6.45, 7) is 0. The molecule has 0 aromatic carbocycles. The fraction of sp³-hybridized carbons (Fsp3) is 0.125. The second-order valence-electron chi connectivity index (χ2n) is 3.38. The lowest BCUT2D eigenvalue weighted by Crippen LogP contribution is -2.33. The largest absolute Gasteiger partial charge is 0.339 e. The number of nitrogens with zero attached hydrogens (tertiary/aromatic N) is 5. The molecule has 0 spiro atoms. The summed E-state index contributed by atoms with van der Waals surface area (Å²) in [5.74, 6) is 0. The third-order valence-electron chi connectivity index (χ3n) is 2.06. The zero-order chi connectivity index (χ0) is 14.9. The first-order valence-corrected chi connectivity index (χ1v) is 6.09. The van der Waals surface area contributed by atoms with Crippen molar-refractivity contribution in [3.8, 4) is 0 Å². The van der Waals surface area contributed by atoms with Gasteiger partial charge in [-0.2, -0.15) is 4.98 Å². The van der Waals surface area contributed by atoms with E-state index in [1.54, 1.807) is 0 Å². The van der Waals surface area contributed by atoms with Crippen molar-refractivity contribution >= 4 is 29.1 Å². The summed E-state index contributed by atoms with van der Waals surface area (Å²) in [4.78, 5) is 43.2. The van der Waals surface area contributed by atoms with E-state index < -0.39 is 21.7 Å². The number of aryl methyl sites for hydroxylation is 1. The van der Waals surface area contributed by atoms with E-state index in [9.17, 15) is 19.7 Å². The number of nitro groups is 1. The molecular weight excluding hydrogens is 312 g/mol. The van der Waals surface area contributed by atoms with Crippen LogP contribution >= 0.6 is 23.4 Å². The van der Waals surface area contributed by atoms with Crippen LogP contribution in [0, 0.1) is 10.1 Å². The smallest absolute Gasteiger partial charge is 0.265 e. The molecule has 0 aliphatic rings. The molecular formula is C8H5ClN6O4S. The Labute approximate surface area is 119 Å². The zero-order valence-electron chi connectivity index (χ0n) is 9.73. The molecule has 0 saturated heterocycles. The molecule has 20 heavy (non-hydrogen) atoms. The molecule has 2 heterocycles. The van der Waals surface area contributed by atoms with Gasteiger partial charge in [-0.25, -0.2) is 9.97 Å². The van der Waals surface area contributed by atoms with Crippen molar-refractivity contribution in [3.05, 3.63) is 42.3 Å². The highest BCUT2D eigenvalue weighted by Crippen LogP contribution is 2.34. The summed E-state index contributed by atoms with van der Waals surface area (Å²) in [7, 11) is 1.42. The van der Waals surface area contributed by atoms with Gasteiger partial charge in [0.2, 0.25) is 5.15 Å². The van der Waals surface area contributed by atoms with E-state index in [0.717, 1.165) is 11.0 Å². The lowest BCUT2D eigenvalue weighted by Gasteiger charge is -2.05. The predicted molar refractivity (Wildman–Crippen MR) is 67.9 cm³/mol. The minimum Gasteiger partial charge on any atom is -0.265 e. The summed E-state index contributed by atoms with van der Waals surface area (Å²) < 4.78 is 1.15. The molecule has 2 aromatic rings. The van der Waals surface area contributed by atoms with Crippen molar-refractivity contribution in [2.45, 2.75) is 10.2 Å². The molecule has 0 saturated carbocycles. The Balaban J connectivity index is 2.54. The standard InChI is InChI=1S/C8H5ClN6O4S/c1-14-8(12-5(16)6(17)13-14)20-7-3(15(18)19)4(9)10-2-11-7/h2H,1H3,(H,13,17). The van der Waals surface area contributed by atoms with Gasteiger partial charge in [-0.15, -0.1) is 0 Å². The van der Waals surface area contributed by atoms with Crippen molar-refractivity contribution in [3.63, 3.8) is 0 Å². The van der Waals surface area contributed by atoms with Gasteiger partial charge in [0.25, 0.3) is 0 Å². The summed E-state index contributed by atoms with van der Waals surface area (Å²) >= 11 is 6.34. The Morgan fingerprint density at radius 2 is 2.15 bits per heavy atom. The third-order valence-corrected chi connectivity index (χ3v) is 3.38. The minimum atomic E-state index is -1.01. The molecule has 0 aliphatic carbocycles. The highest BCUT2D eigenvalue weighted by molar-refractivity contribution is 7.99. The molecule has 10 nitrogen and oxygen atoms in total.